The summed E-state index contributed by atoms with van der Waals surface area (Å²) in [6.45, 7) is -1.55. The van der Waals surface area contributed by atoms with Gasteiger partial charge in [0.1, 0.15) is 12.4 Å². The molecular formula is C13H11Cl2F4N7O2. The highest BCUT2D eigenvalue weighted by Crippen LogP contribution is 2.36. The van der Waals surface area contributed by atoms with E-state index in [4.69, 9.17) is 23.2 Å². The van der Waals surface area contributed by atoms with Gasteiger partial charge in [-0.05, 0) is 16.5 Å². The number of rotatable bonds is 4. The number of aryl methyl sites for hydroxylation is 1. The maximum atomic E-state index is 14.2. The van der Waals surface area contributed by atoms with Gasteiger partial charge in [-0.3, -0.25) is 10.1 Å². The van der Waals surface area contributed by atoms with E-state index in [-0.39, 0.29) is 5.95 Å². The number of alkyl halides is 3. The van der Waals surface area contributed by atoms with Crippen LogP contribution in [0.1, 0.15) is 10.4 Å². The lowest BCUT2D eigenvalue weighted by molar-refractivity contribution is -0.137. The van der Waals surface area contributed by atoms with E-state index in [1.807, 2.05) is 5.32 Å². The van der Waals surface area contributed by atoms with E-state index >= 15 is 0 Å². The first-order valence-corrected chi connectivity index (χ1v) is 7.96. The third kappa shape index (κ3) is 4.98. The predicted molar refractivity (Wildman–Crippen MR) is 90.9 cm³/mol. The smallest absolute Gasteiger partial charge is 0.318 e. The number of urea groups is 1. The summed E-state index contributed by atoms with van der Waals surface area (Å²) in [6, 6.07) is -0.548. The average molecular weight is 444 g/mol. The molecule has 1 aromatic heterocycles. The molecule has 2 aromatic rings. The lowest BCUT2D eigenvalue weighted by Crippen LogP contribution is -2.38. The van der Waals surface area contributed by atoms with Crippen LogP contribution in [0.25, 0.3) is 0 Å². The minimum absolute atomic E-state index is 0.133. The Kier molecular flexibility index (Phi) is 6.29. The fourth-order valence-corrected chi connectivity index (χ4v) is 2.57. The Morgan fingerprint density at radius 1 is 1.29 bits per heavy atom. The molecule has 9 nitrogen and oxygen atoms in total. The number of nitrogens with one attached hydrogen (secondary N) is 2. The molecule has 0 fully saturated rings. The van der Waals surface area contributed by atoms with Gasteiger partial charge < -0.3 is 10.2 Å². The van der Waals surface area contributed by atoms with Crippen LogP contribution in [0.15, 0.2) is 6.07 Å². The molecule has 3 amide bonds. The van der Waals surface area contributed by atoms with Gasteiger partial charge >= 0.3 is 12.2 Å². The molecule has 152 valence electrons. The molecule has 0 spiro atoms. The Hall–Kier alpha value is -2.67. The van der Waals surface area contributed by atoms with E-state index < -0.39 is 51.8 Å². The standard InChI is InChI=1S/C13H11Cl2F4N7O2/c1-25(4-13(17,18)19)12(28)20-9-5(14)3-6(16)7(8(9)15)10(27)21-11-22-23-24-26(11)2/h3H,4H2,1-2H3,(H,20,28)(H,21,22,24,27). The Bertz CT molecular complexity index is 919. The predicted octanol–water partition coefficient (Wildman–Crippen LogP) is 2.93. The van der Waals surface area contributed by atoms with Crippen LogP contribution in [0, 0.1) is 5.82 Å². The molecule has 0 unspecified atom stereocenters. The maximum Gasteiger partial charge on any atom is 0.406 e. The third-order valence-corrected chi connectivity index (χ3v) is 3.91. The minimum Gasteiger partial charge on any atom is -0.318 e. The average Bonchev–Trinajstić information content (AvgIpc) is 2.94. The van der Waals surface area contributed by atoms with Crippen LogP contribution in [-0.4, -0.2) is 56.8 Å². The first kappa shape index (κ1) is 21.6. The molecule has 2 rings (SSSR count). The van der Waals surface area contributed by atoms with Gasteiger partial charge in [0.2, 0.25) is 5.95 Å². The van der Waals surface area contributed by atoms with Gasteiger partial charge in [-0.25, -0.2) is 13.9 Å². The molecule has 0 aliphatic carbocycles. The van der Waals surface area contributed by atoms with Crippen molar-refractivity contribution in [3.05, 3.63) is 27.5 Å². The van der Waals surface area contributed by atoms with Gasteiger partial charge in [-0.1, -0.05) is 28.3 Å². The second-order valence-corrected chi connectivity index (χ2v) is 6.17. The van der Waals surface area contributed by atoms with Crippen LogP contribution in [-0.2, 0) is 7.05 Å². The second kappa shape index (κ2) is 8.14. The number of nitrogens with zero attached hydrogens (tertiary/aromatic N) is 5. The quantitative estimate of drug-likeness (QED) is 0.706. The number of amides is 3. The molecule has 0 bridgehead atoms. The zero-order valence-electron chi connectivity index (χ0n) is 14.1. The zero-order valence-corrected chi connectivity index (χ0v) is 15.6. The molecule has 0 aliphatic rings. The molecule has 1 aromatic carbocycles. The number of hydrogen-bond acceptors (Lipinski definition) is 5. The van der Waals surface area contributed by atoms with Crippen LogP contribution >= 0.6 is 23.2 Å². The van der Waals surface area contributed by atoms with Crippen molar-refractivity contribution in [2.45, 2.75) is 6.18 Å². The largest absolute Gasteiger partial charge is 0.406 e. The number of anilines is 2. The summed E-state index contributed by atoms with van der Waals surface area (Å²) >= 11 is 11.8. The number of aromatic nitrogens is 4. The van der Waals surface area contributed by atoms with Crippen molar-refractivity contribution in [2.24, 2.45) is 7.05 Å². The number of benzene rings is 1. The van der Waals surface area contributed by atoms with Crippen molar-refractivity contribution in [2.75, 3.05) is 24.2 Å². The van der Waals surface area contributed by atoms with Crippen molar-refractivity contribution >= 4 is 46.8 Å². The van der Waals surface area contributed by atoms with Gasteiger partial charge in [0.25, 0.3) is 5.91 Å². The summed E-state index contributed by atoms with van der Waals surface area (Å²) < 4.78 is 52.5. The number of carbonyl (C=O) groups excluding carboxylic acids is 2. The number of carbonyl (C=O) groups is 2. The lowest BCUT2D eigenvalue weighted by Gasteiger charge is -2.21. The molecule has 28 heavy (non-hydrogen) atoms. The summed E-state index contributed by atoms with van der Waals surface area (Å²) in [5.74, 6) is -2.34. The number of halogens is 6. The summed E-state index contributed by atoms with van der Waals surface area (Å²) in [4.78, 5) is 24.6. The molecular weight excluding hydrogens is 433 g/mol. The van der Waals surface area contributed by atoms with E-state index in [1.165, 1.54) is 7.05 Å². The summed E-state index contributed by atoms with van der Waals surface area (Å²) in [6.07, 6.45) is -4.64. The summed E-state index contributed by atoms with van der Waals surface area (Å²) in [5.41, 5.74) is -1.16. The summed E-state index contributed by atoms with van der Waals surface area (Å²) in [7, 11) is 2.28. The Morgan fingerprint density at radius 2 is 1.93 bits per heavy atom. The Labute approximate surface area is 164 Å². The molecule has 0 atom stereocenters. The Balaban J connectivity index is 2.31. The molecule has 0 radical (unpaired) electrons. The first-order chi connectivity index (χ1) is 12.9. The third-order valence-electron chi connectivity index (χ3n) is 3.24. The van der Waals surface area contributed by atoms with Crippen LogP contribution in [0.5, 0.6) is 0 Å². The fourth-order valence-electron chi connectivity index (χ4n) is 1.96. The van der Waals surface area contributed by atoms with E-state index in [1.54, 1.807) is 0 Å². The molecule has 0 aliphatic heterocycles. The monoisotopic (exact) mass is 443 g/mol. The SMILES string of the molecule is CN(CC(F)(F)F)C(=O)Nc1c(Cl)cc(F)c(C(=O)Nc2nnnn2C)c1Cl. The Morgan fingerprint density at radius 3 is 2.46 bits per heavy atom. The van der Waals surface area contributed by atoms with Crippen LogP contribution in [0.3, 0.4) is 0 Å². The normalized spacial score (nSPS) is 11.3. The van der Waals surface area contributed by atoms with Crippen LogP contribution in [0.2, 0.25) is 10.0 Å². The molecule has 15 heteroatoms. The number of tetrazole rings is 1. The lowest BCUT2D eigenvalue weighted by atomic mass is 10.1. The van der Waals surface area contributed by atoms with Crippen LogP contribution < -0.4 is 10.6 Å². The van der Waals surface area contributed by atoms with Crippen molar-refractivity contribution in [3.8, 4) is 0 Å². The second-order valence-electron chi connectivity index (χ2n) is 5.39. The number of hydrogen-bond donors (Lipinski definition) is 2. The van der Waals surface area contributed by atoms with E-state index in [0.717, 1.165) is 11.7 Å². The maximum absolute atomic E-state index is 14.2. The fraction of sp³-hybridized carbons (Fsp3) is 0.308. The topological polar surface area (TPSA) is 105 Å². The highest BCUT2D eigenvalue weighted by Gasteiger charge is 2.32. The molecule has 2 N–H and O–H groups in total. The van der Waals surface area contributed by atoms with Gasteiger partial charge in [-0.15, -0.1) is 0 Å². The molecule has 0 saturated heterocycles. The van der Waals surface area contributed by atoms with Gasteiger partial charge in [0, 0.05) is 14.1 Å². The van der Waals surface area contributed by atoms with Crippen molar-refractivity contribution in [3.63, 3.8) is 0 Å². The first-order valence-electron chi connectivity index (χ1n) is 7.20. The van der Waals surface area contributed by atoms with E-state index in [2.05, 4.69) is 20.8 Å². The highest BCUT2D eigenvalue weighted by atomic mass is 35.5. The van der Waals surface area contributed by atoms with Gasteiger partial charge in [-0.2, -0.15) is 13.2 Å². The summed E-state index contributed by atoms with van der Waals surface area (Å²) in [5, 5.41) is 13.4. The van der Waals surface area contributed by atoms with Crippen molar-refractivity contribution in [1.29, 1.82) is 0 Å². The highest BCUT2D eigenvalue weighted by molar-refractivity contribution is 6.42. The zero-order chi connectivity index (χ0) is 21.2. The minimum atomic E-state index is -4.64. The van der Waals surface area contributed by atoms with Crippen molar-refractivity contribution in [1.82, 2.24) is 25.1 Å². The molecule has 0 saturated carbocycles. The van der Waals surface area contributed by atoms with Crippen molar-refractivity contribution < 1.29 is 27.2 Å². The van der Waals surface area contributed by atoms with Crippen LogP contribution in [0.4, 0.5) is 34.0 Å². The van der Waals surface area contributed by atoms with E-state index in [0.29, 0.717) is 11.0 Å². The molecule has 1 heterocycles. The van der Waals surface area contributed by atoms with Gasteiger partial charge in [0.15, 0.2) is 0 Å². The van der Waals surface area contributed by atoms with Gasteiger partial charge in [0.05, 0.1) is 21.3 Å². The van der Waals surface area contributed by atoms with E-state index in [9.17, 15) is 27.2 Å².